The van der Waals surface area contributed by atoms with E-state index in [1.54, 1.807) is 12.1 Å². The molecule has 0 aliphatic heterocycles. The molecule has 0 bridgehead atoms. The van der Waals surface area contributed by atoms with E-state index in [0.29, 0.717) is 17.5 Å². The number of aromatic nitrogens is 2. The Morgan fingerprint density at radius 1 is 1.10 bits per heavy atom. The normalized spacial score (nSPS) is 10.6. The molecule has 1 aromatic heterocycles. The van der Waals surface area contributed by atoms with Gasteiger partial charge in [-0.15, -0.1) is 0 Å². The van der Waals surface area contributed by atoms with Gasteiger partial charge in [-0.2, -0.15) is 0 Å². The lowest BCUT2D eigenvalue weighted by Gasteiger charge is -2.07. The van der Waals surface area contributed by atoms with Crippen LogP contribution < -0.4 is 11.2 Å². The van der Waals surface area contributed by atoms with Crippen LogP contribution in [0, 0.1) is 0 Å². The van der Waals surface area contributed by atoms with Crippen molar-refractivity contribution in [2.24, 2.45) is 0 Å². The van der Waals surface area contributed by atoms with E-state index in [1.165, 1.54) is 10.8 Å². The largest absolute Gasteiger partial charge is 0.328 e. The highest BCUT2D eigenvalue weighted by molar-refractivity contribution is 5.95. The van der Waals surface area contributed by atoms with Crippen molar-refractivity contribution in [3.05, 3.63) is 68.0 Å². The maximum Gasteiger partial charge on any atom is 0.328 e. The monoisotopic (exact) mass is 286 g/mol. The second kappa shape index (κ2) is 6.35. The molecule has 0 spiro atoms. The zero-order valence-electron chi connectivity index (χ0n) is 12.2. The van der Waals surface area contributed by atoms with Crippen LogP contribution in [0.15, 0.2) is 40.1 Å². The molecule has 0 aliphatic rings. The number of carbonyl (C=O) groups excluding carboxylic acids is 1. The number of aryl methyl sites for hydroxylation is 2. The minimum absolute atomic E-state index is 0.0753. The van der Waals surface area contributed by atoms with Gasteiger partial charge >= 0.3 is 5.69 Å². The first-order chi connectivity index (χ1) is 10.0. The highest BCUT2D eigenvalue weighted by Crippen LogP contribution is 2.06. The van der Waals surface area contributed by atoms with Crippen molar-refractivity contribution in [2.75, 3.05) is 0 Å². The Bertz CT molecular complexity index is 754. The summed E-state index contributed by atoms with van der Waals surface area (Å²) in [5, 5.41) is 0. The van der Waals surface area contributed by atoms with Crippen molar-refractivity contribution in [1.82, 2.24) is 9.55 Å². The van der Waals surface area contributed by atoms with Crippen molar-refractivity contribution < 1.29 is 4.79 Å². The van der Waals surface area contributed by atoms with Crippen LogP contribution >= 0.6 is 0 Å². The molecule has 2 aromatic rings. The fourth-order valence-electron chi connectivity index (χ4n) is 2.10. The number of Topliss-reactive ketones (excluding diaryl/α,β-unsaturated/α-hetero) is 1. The van der Waals surface area contributed by atoms with Crippen LogP contribution in [0.25, 0.3) is 0 Å². The summed E-state index contributed by atoms with van der Waals surface area (Å²) >= 11 is 0. The molecule has 0 amide bonds. The van der Waals surface area contributed by atoms with Crippen LogP contribution in [0.3, 0.4) is 0 Å². The zero-order valence-corrected chi connectivity index (χ0v) is 12.2. The smallest absolute Gasteiger partial charge is 0.293 e. The molecule has 0 unspecified atom stereocenters. The van der Waals surface area contributed by atoms with Crippen LogP contribution in [-0.4, -0.2) is 15.3 Å². The molecule has 0 atom stereocenters. The molecule has 0 fully saturated rings. The van der Waals surface area contributed by atoms with Gasteiger partial charge in [-0.25, -0.2) is 4.79 Å². The van der Waals surface area contributed by atoms with Crippen molar-refractivity contribution >= 4 is 5.78 Å². The molecule has 0 saturated carbocycles. The molecule has 1 aromatic carbocycles. The van der Waals surface area contributed by atoms with Gasteiger partial charge in [-0.3, -0.25) is 19.1 Å². The van der Waals surface area contributed by atoms with Crippen LogP contribution in [0.1, 0.15) is 35.3 Å². The van der Waals surface area contributed by atoms with Crippen LogP contribution in [-0.2, 0) is 19.4 Å². The Labute approximate surface area is 122 Å². The van der Waals surface area contributed by atoms with Gasteiger partial charge in [0.15, 0.2) is 5.78 Å². The third-order valence-corrected chi connectivity index (χ3v) is 3.46. The number of hydrogen-bond acceptors (Lipinski definition) is 3. The highest BCUT2D eigenvalue weighted by atomic mass is 16.2. The maximum absolute atomic E-state index is 12.2. The summed E-state index contributed by atoms with van der Waals surface area (Å²) in [6.45, 7) is 3.79. The van der Waals surface area contributed by atoms with Crippen molar-refractivity contribution in [1.29, 1.82) is 0 Å². The molecule has 0 aliphatic carbocycles. The topological polar surface area (TPSA) is 71.9 Å². The number of rotatable bonds is 5. The van der Waals surface area contributed by atoms with Crippen molar-refractivity contribution in [2.45, 2.75) is 33.2 Å². The Balaban J connectivity index is 2.26. The van der Waals surface area contributed by atoms with E-state index in [-0.39, 0.29) is 12.3 Å². The lowest BCUT2D eigenvalue weighted by atomic mass is 10.1. The molecule has 5 heteroatoms. The van der Waals surface area contributed by atoms with Gasteiger partial charge in [-0.05, 0) is 18.4 Å². The minimum Gasteiger partial charge on any atom is -0.293 e. The summed E-state index contributed by atoms with van der Waals surface area (Å²) < 4.78 is 1.25. The predicted molar refractivity (Wildman–Crippen MR) is 80.9 cm³/mol. The molecule has 1 N–H and O–H groups in total. The number of nitrogens with zero attached hydrogens (tertiary/aromatic N) is 1. The second-order valence-electron chi connectivity index (χ2n) is 4.87. The fraction of sp³-hybridized carbons (Fsp3) is 0.312. The number of carbonyl (C=O) groups is 1. The Morgan fingerprint density at radius 2 is 1.76 bits per heavy atom. The lowest BCUT2D eigenvalue weighted by Crippen LogP contribution is -2.33. The predicted octanol–water partition coefficient (Wildman–Crippen LogP) is 1.54. The van der Waals surface area contributed by atoms with Gasteiger partial charge in [0.25, 0.3) is 5.56 Å². The average molecular weight is 286 g/mol. The standard InChI is InChI=1S/C16H18N2O3/c1-3-11-5-7-13(8-6-11)14(19)10-18-9-12(4-2)15(20)17-16(18)21/h5-9H,3-4,10H2,1-2H3,(H,17,20,21). The SMILES string of the molecule is CCc1ccc(C(=O)Cn2cc(CC)c(=O)[nH]c2=O)cc1. The van der Waals surface area contributed by atoms with Crippen molar-refractivity contribution in [3.63, 3.8) is 0 Å². The number of nitrogens with one attached hydrogen (secondary N) is 1. The van der Waals surface area contributed by atoms with Gasteiger partial charge < -0.3 is 0 Å². The van der Waals surface area contributed by atoms with E-state index in [4.69, 9.17) is 0 Å². The maximum atomic E-state index is 12.2. The number of ketones is 1. The van der Waals surface area contributed by atoms with E-state index >= 15 is 0 Å². The zero-order chi connectivity index (χ0) is 15.4. The van der Waals surface area contributed by atoms with E-state index in [1.807, 2.05) is 26.0 Å². The second-order valence-corrected chi connectivity index (χ2v) is 4.87. The first kappa shape index (κ1) is 15.0. The number of benzene rings is 1. The third kappa shape index (κ3) is 3.37. The minimum atomic E-state index is -0.560. The molecule has 1 heterocycles. The van der Waals surface area contributed by atoms with E-state index in [9.17, 15) is 14.4 Å². The van der Waals surface area contributed by atoms with E-state index in [2.05, 4.69) is 4.98 Å². The molecule has 0 saturated heterocycles. The van der Waals surface area contributed by atoms with E-state index in [0.717, 1.165) is 12.0 Å². The molecule has 0 radical (unpaired) electrons. The first-order valence-corrected chi connectivity index (χ1v) is 7.00. The van der Waals surface area contributed by atoms with Crippen LogP contribution in [0.2, 0.25) is 0 Å². The summed E-state index contributed by atoms with van der Waals surface area (Å²) in [5.41, 5.74) is 1.25. The highest BCUT2D eigenvalue weighted by Gasteiger charge is 2.10. The van der Waals surface area contributed by atoms with Gasteiger partial charge in [0.2, 0.25) is 0 Å². The van der Waals surface area contributed by atoms with Crippen LogP contribution in [0.4, 0.5) is 0 Å². The molecule has 5 nitrogen and oxygen atoms in total. The fourth-order valence-corrected chi connectivity index (χ4v) is 2.10. The van der Waals surface area contributed by atoms with Gasteiger partial charge in [0, 0.05) is 17.3 Å². The molecule has 110 valence electrons. The Morgan fingerprint density at radius 3 is 2.33 bits per heavy atom. The third-order valence-electron chi connectivity index (χ3n) is 3.46. The Kier molecular flexibility index (Phi) is 4.52. The average Bonchev–Trinajstić information content (AvgIpc) is 2.50. The summed E-state index contributed by atoms with van der Waals surface area (Å²) in [6, 6.07) is 7.33. The summed E-state index contributed by atoms with van der Waals surface area (Å²) in [4.78, 5) is 37.7. The molecular weight excluding hydrogens is 268 g/mol. The number of H-pyrrole nitrogens is 1. The number of hydrogen-bond donors (Lipinski definition) is 1. The summed E-state index contributed by atoms with van der Waals surface area (Å²) in [6.07, 6.45) is 2.88. The molecule has 2 rings (SSSR count). The summed E-state index contributed by atoms with van der Waals surface area (Å²) in [7, 11) is 0. The van der Waals surface area contributed by atoms with Crippen LogP contribution in [0.5, 0.6) is 0 Å². The van der Waals surface area contributed by atoms with Gasteiger partial charge in [-0.1, -0.05) is 38.1 Å². The summed E-state index contributed by atoms with van der Waals surface area (Å²) in [5.74, 6) is -0.158. The van der Waals surface area contributed by atoms with E-state index < -0.39 is 11.2 Å². The number of aromatic amines is 1. The van der Waals surface area contributed by atoms with Gasteiger partial charge in [0.05, 0.1) is 6.54 Å². The van der Waals surface area contributed by atoms with Gasteiger partial charge in [0.1, 0.15) is 0 Å². The van der Waals surface area contributed by atoms with Crippen molar-refractivity contribution in [3.8, 4) is 0 Å². The first-order valence-electron chi connectivity index (χ1n) is 7.00. The lowest BCUT2D eigenvalue weighted by molar-refractivity contribution is 0.0970. The molecule has 21 heavy (non-hydrogen) atoms. The Hall–Kier alpha value is -2.43. The molecular formula is C16H18N2O3. The quantitative estimate of drug-likeness (QED) is 0.848.